The number of halogens is 1. The van der Waals surface area contributed by atoms with E-state index in [0.29, 0.717) is 23.1 Å². The van der Waals surface area contributed by atoms with Crippen molar-refractivity contribution >= 4 is 22.7 Å². The summed E-state index contributed by atoms with van der Waals surface area (Å²) < 4.78 is 21.7. The summed E-state index contributed by atoms with van der Waals surface area (Å²) in [5, 5.41) is 16.9. The maximum absolute atomic E-state index is 8.62. The zero-order valence-corrected chi connectivity index (χ0v) is 15.7. The van der Waals surface area contributed by atoms with Gasteiger partial charge in [0.05, 0.1) is 12.7 Å². The maximum Gasteiger partial charge on any atom is 0.259 e. The molecule has 138 valence electrons. The van der Waals surface area contributed by atoms with Crippen LogP contribution in [-0.4, -0.2) is 23.9 Å². The Bertz CT molecular complexity index is 1030. The molecule has 0 radical (unpaired) electrons. The molecule has 0 aliphatic rings. The third-order valence-electron chi connectivity index (χ3n) is 3.67. The fourth-order valence-corrected chi connectivity index (χ4v) is 2.69. The number of hydrogen-bond donors (Lipinski definition) is 0. The van der Waals surface area contributed by atoms with Crippen molar-refractivity contribution in [2.75, 3.05) is 13.7 Å². The van der Waals surface area contributed by atoms with Crippen LogP contribution in [0.15, 0.2) is 33.1 Å². The van der Waals surface area contributed by atoms with Gasteiger partial charge in [0.2, 0.25) is 0 Å². The Morgan fingerprint density at radius 3 is 2.70 bits per heavy atom. The van der Waals surface area contributed by atoms with Crippen molar-refractivity contribution in [1.82, 2.24) is 10.2 Å². The van der Waals surface area contributed by atoms with Gasteiger partial charge in [-0.05, 0) is 43.7 Å². The van der Waals surface area contributed by atoms with Crippen molar-refractivity contribution in [2.45, 2.75) is 13.8 Å². The lowest BCUT2D eigenvalue weighted by molar-refractivity contribution is 0.329. The number of nitriles is 1. The molecule has 1 aromatic carbocycles. The maximum atomic E-state index is 8.62. The van der Waals surface area contributed by atoms with E-state index in [1.807, 2.05) is 26.0 Å². The molecule has 0 aliphatic heterocycles. The summed E-state index contributed by atoms with van der Waals surface area (Å²) in [6.07, 6.45) is 1.67. The molecule has 0 saturated heterocycles. The van der Waals surface area contributed by atoms with Crippen LogP contribution in [0.5, 0.6) is 11.5 Å². The van der Waals surface area contributed by atoms with Gasteiger partial charge in [-0.3, -0.25) is 0 Å². The minimum atomic E-state index is -0.0655. The minimum Gasteiger partial charge on any atom is -0.493 e. The molecule has 2 heterocycles. The lowest BCUT2D eigenvalue weighted by Gasteiger charge is -2.08. The summed E-state index contributed by atoms with van der Waals surface area (Å²) in [7, 11) is 1.52. The molecule has 0 aliphatic carbocycles. The molecule has 8 heteroatoms. The predicted octanol–water partition coefficient (Wildman–Crippen LogP) is 4.59. The number of ether oxygens (including phenoxy) is 2. The number of aromatic nitrogens is 2. The van der Waals surface area contributed by atoms with E-state index in [-0.39, 0.29) is 17.5 Å². The van der Waals surface area contributed by atoms with Crippen LogP contribution in [0.4, 0.5) is 0 Å². The highest BCUT2D eigenvalue weighted by molar-refractivity contribution is 6.50. The van der Waals surface area contributed by atoms with Crippen LogP contribution < -0.4 is 9.47 Å². The van der Waals surface area contributed by atoms with Gasteiger partial charge in [0.1, 0.15) is 22.6 Å². The van der Waals surface area contributed by atoms with Gasteiger partial charge in [-0.1, -0.05) is 17.7 Å². The summed E-state index contributed by atoms with van der Waals surface area (Å²) in [5.74, 6) is 2.94. The zero-order chi connectivity index (χ0) is 19.4. The number of rotatable bonds is 6. The molecule has 0 atom stereocenters. The van der Waals surface area contributed by atoms with E-state index in [1.165, 1.54) is 7.11 Å². The highest BCUT2D eigenvalue weighted by Crippen LogP contribution is 2.32. The van der Waals surface area contributed by atoms with Crippen LogP contribution in [0.3, 0.4) is 0 Å². The second-order valence-corrected chi connectivity index (χ2v) is 6.00. The van der Waals surface area contributed by atoms with Gasteiger partial charge in [0.15, 0.2) is 18.1 Å². The topological polar surface area (TPSA) is 94.3 Å². The largest absolute Gasteiger partial charge is 0.493 e. The SMILES string of the molecule is COc1cc(/C=C(\Cl)c2nnc(-c3cc(C)oc3C)o2)ccc1OCC#N. The van der Waals surface area contributed by atoms with E-state index >= 15 is 0 Å². The number of hydrogen-bond acceptors (Lipinski definition) is 7. The van der Waals surface area contributed by atoms with E-state index in [4.69, 9.17) is 35.2 Å². The molecule has 3 rings (SSSR count). The van der Waals surface area contributed by atoms with Gasteiger partial charge >= 0.3 is 0 Å². The Balaban J connectivity index is 1.85. The molecule has 7 nitrogen and oxygen atoms in total. The van der Waals surface area contributed by atoms with Crippen LogP contribution in [-0.2, 0) is 0 Å². The van der Waals surface area contributed by atoms with Crippen molar-refractivity contribution in [1.29, 1.82) is 5.26 Å². The molecule has 0 bridgehead atoms. The fourth-order valence-electron chi connectivity index (χ4n) is 2.48. The van der Waals surface area contributed by atoms with Crippen molar-refractivity contribution in [2.24, 2.45) is 0 Å². The Hall–Kier alpha value is -3.24. The normalized spacial score (nSPS) is 11.3. The first kappa shape index (κ1) is 18.5. The Morgan fingerprint density at radius 1 is 1.22 bits per heavy atom. The van der Waals surface area contributed by atoms with Crippen molar-refractivity contribution in [3.63, 3.8) is 0 Å². The first-order valence-electron chi connectivity index (χ1n) is 7.98. The number of nitrogens with zero attached hydrogens (tertiary/aromatic N) is 3. The van der Waals surface area contributed by atoms with Gasteiger partial charge < -0.3 is 18.3 Å². The molecule has 0 unspecified atom stereocenters. The van der Waals surface area contributed by atoms with Crippen molar-refractivity contribution in [3.05, 3.63) is 47.2 Å². The highest BCUT2D eigenvalue weighted by atomic mass is 35.5. The van der Waals surface area contributed by atoms with E-state index in [1.54, 1.807) is 24.3 Å². The Kier molecular flexibility index (Phi) is 5.48. The van der Waals surface area contributed by atoms with Gasteiger partial charge in [0, 0.05) is 0 Å². The lowest BCUT2D eigenvalue weighted by atomic mass is 10.2. The standard InChI is InChI=1S/C19H16ClN3O4/c1-11-8-14(12(2)26-11)18-22-23-19(27-18)15(20)9-13-4-5-16(25-7-6-21)17(10-13)24-3/h4-5,8-10H,7H2,1-3H3/b15-9-. The van der Waals surface area contributed by atoms with Gasteiger partial charge in [0.25, 0.3) is 11.8 Å². The summed E-state index contributed by atoms with van der Waals surface area (Å²) in [6, 6.07) is 8.95. The summed E-state index contributed by atoms with van der Waals surface area (Å²) in [4.78, 5) is 0. The second kappa shape index (κ2) is 7.98. The summed E-state index contributed by atoms with van der Waals surface area (Å²) in [6.45, 7) is 3.61. The minimum absolute atomic E-state index is 0.0655. The number of furan rings is 1. The van der Waals surface area contributed by atoms with Gasteiger partial charge in [-0.15, -0.1) is 10.2 Å². The lowest BCUT2D eigenvalue weighted by Crippen LogP contribution is -1.96. The highest BCUT2D eigenvalue weighted by Gasteiger charge is 2.16. The molecule has 0 fully saturated rings. The van der Waals surface area contributed by atoms with Crippen LogP contribution in [0, 0.1) is 25.2 Å². The first-order chi connectivity index (χ1) is 13.0. The predicted molar refractivity (Wildman–Crippen MR) is 99.3 cm³/mol. The molecule has 3 aromatic rings. The monoisotopic (exact) mass is 385 g/mol. The molecule has 27 heavy (non-hydrogen) atoms. The molecule has 0 amide bonds. The van der Waals surface area contributed by atoms with Gasteiger partial charge in [-0.25, -0.2) is 0 Å². The van der Waals surface area contributed by atoms with Crippen molar-refractivity contribution in [3.8, 4) is 29.0 Å². The summed E-state index contributed by atoms with van der Waals surface area (Å²) in [5.41, 5.74) is 1.48. The first-order valence-corrected chi connectivity index (χ1v) is 8.36. The molecule has 2 aromatic heterocycles. The average molecular weight is 386 g/mol. The van der Waals surface area contributed by atoms with Crippen LogP contribution in [0.1, 0.15) is 23.0 Å². The zero-order valence-electron chi connectivity index (χ0n) is 14.9. The third kappa shape index (κ3) is 4.13. The van der Waals surface area contributed by atoms with E-state index in [0.717, 1.165) is 16.9 Å². The Labute approximate surface area is 160 Å². The number of aryl methyl sites for hydroxylation is 2. The van der Waals surface area contributed by atoms with Crippen LogP contribution >= 0.6 is 11.6 Å². The second-order valence-electron chi connectivity index (χ2n) is 5.59. The molecule has 0 saturated carbocycles. The summed E-state index contributed by atoms with van der Waals surface area (Å²) >= 11 is 6.33. The van der Waals surface area contributed by atoms with E-state index < -0.39 is 0 Å². The quantitative estimate of drug-likeness (QED) is 0.612. The van der Waals surface area contributed by atoms with E-state index in [9.17, 15) is 0 Å². The average Bonchev–Trinajstić information content (AvgIpc) is 3.26. The smallest absolute Gasteiger partial charge is 0.259 e. The molecule has 0 spiro atoms. The number of benzene rings is 1. The van der Waals surface area contributed by atoms with Crippen LogP contribution in [0.25, 0.3) is 22.6 Å². The van der Waals surface area contributed by atoms with E-state index in [2.05, 4.69) is 10.2 Å². The van der Waals surface area contributed by atoms with Crippen LogP contribution in [0.2, 0.25) is 0 Å². The number of methoxy groups -OCH3 is 1. The van der Waals surface area contributed by atoms with Gasteiger partial charge in [-0.2, -0.15) is 5.26 Å². The molecular weight excluding hydrogens is 370 g/mol. The van der Waals surface area contributed by atoms with Crippen molar-refractivity contribution < 1.29 is 18.3 Å². The third-order valence-corrected chi connectivity index (χ3v) is 3.94. The molecule has 0 N–H and O–H groups in total. The molecular formula is C19H16ClN3O4. The fraction of sp³-hybridized carbons (Fsp3) is 0.211. The Morgan fingerprint density at radius 2 is 2.04 bits per heavy atom.